The second kappa shape index (κ2) is 7.20. The second-order valence-electron chi connectivity index (χ2n) is 6.77. The first-order valence-electron chi connectivity index (χ1n) is 9.34. The van der Waals surface area contributed by atoms with E-state index < -0.39 is 0 Å². The van der Waals surface area contributed by atoms with Crippen molar-refractivity contribution in [2.45, 2.75) is 32.6 Å². The number of methoxy groups -OCH3 is 1. The summed E-state index contributed by atoms with van der Waals surface area (Å²) in [4.78, 5) is 8.31. The Bertz CT molecular complexity index is 1030. The number of nitrogens with one attached hydrogen (secondary N) is 1. The van der Waals surface area contributed by atoms with Gasteiger partial charge >= 0.3 is 0 Å². The van der Waals surface area contributed by atoms with Crippen LogP contribution in [0.3, 0.4) is 0 Å². The van der Waals surface area contributed by atoms with Crippen LogP contribution in [0.2, 0.25) is 0 Å². The second-order valence-corrected chi connectivity index (χ2v) is 6.77. The molecule has 4 aromatic rings. The van der Waals surface area contributed by atoms with Crippen molar-refractivity contribution in [3.8, 4) is 16.9 Å². The van der Waals surface area contributed by atoms with E-state index in [-0.39, 0.29) is 0 Å². The Labute approximate surface area is 154 Å². The molecule has 2 heterocycles. The van der Waals surface area contributed by atoms with Gasteiger partial charge in [-0.1, -0.05) is 38.0 Å². The van der Waals surface area contributed by atoms with Crippen LogP contribution in [0.5, 0.6) is 5.75 Å². The van der Waals surface area contributed by atoms with Crippen LogP contribution in [0.4, 0.5) is 0 Å². The first-order chi connectivity index (χ1) is 12.8. The molecule has 2 aromatic carbocycles. The van der Waals surface area contributed by atoms with Gasteiger partial charge in [-0.3, -0.25) is 0 Å². The first kappa shape index (κ1) is 16.6. The van der Waals surface area contributed by atoms with E-state index >= 15 is 0 Å². The minimum atomic E-state index is 0.877. The van der Waals surface area contributed by atoms with Crippen LogP contribution in [-0.4, -0.2) is 17.1 Å². The molecule has 0 radical (unpaired) electrons. The summed E-state index contributed by atoms with van der Waals surface area (Å²) in [6.45, 7) is 2.23. The Balaban J connectivity index is 1.71. The molecule has 0 amide bonds. The van der Waals surface area contributed by atoms with Gasteiger partial charge < -0.3 is 9.72 Å². The van der Waals surface area contributed by atoms with Gasteiger partial charge in [-0.15, -0.1) is 0 Å². The molecule has 0 saturated heterocycles. The molecule has 132 valence electrons. The number of pyridine rings is 1. The van der Waals surface area contributed by atoms with Crippen LogP contribution in [0.15, 0.2) is 54.6 Å². The van der Waals surface area contributed by atoms with Crippen molar-refractivity contribution in [3.05, 3.63) is 60.3 Å². The third-order valence-corrected chi connectivity index (χ3v) is 4.98. The number of benzene rings is 2. The summed E-state index contributed by atoms with van der Waals surface area (Å²) < 4.78 is 5.25. The number of ether oxygens (including phenoxy) is 1. The van der Waals surface area contributed by atoms with Gasteiger partial charge in [-0.2, -0.15) is 0 Å². The number of rotatable bonds is 6. The molecular weight excluding hydrogens is 320 g/mol. The summed E-state index contributed by atoms with van der Waals surface area (Å²) in [6, 6.07) is 19.1. The third-order valence-electron chi connectivity index (χ3n) is 4.98. The molecule has 2 aromatic heterocycles. The van der Waals surface area contributed by atoms with Gasteiger partial charge in [0.2, 0.25) is 0 Å². The fourth-order valence-corrected chi connectivity index (χ4v) is 3.47. The Morgan fingerprint density at radius 3 is 2.46 bits per heavy atom. The number of aromatic amines is 1. The minimum Gasteiger partial charge on any atom is -0.497 e. The van der Waals surface area contributed by atoms with E-state index in [9.17, 15) is 0 Å². The summed E-state index contributed by atoms with van der Waals surface area (Å²) >= 11 is 0. The van der Waals surface area contributed by atoms with Gasteiger partial charge in [-0.25, -0.2) is 4.98 Å². The van der Waals surface area contributed by atoms with Gasteiger partial charge in [0.1, 0.15) is 11.4 Å². The van der Waals surface area contributed by atoms with Crippen LogP contribution in [0.1, 0.15) is 31.9 Å². The van der Waals surface area contributed by atoms with Crippen molar-refractivity contribution in [2.75, 3.05) is 7.11 Å². The van der Waals surface area contributed by atoms with E-state index in [0.717, 1.165) is 23.3 Å². The van der Waals surface area contributed by atoms with Crippen molar-refractivity contribution in [3.63, 3.8) is 0 Å². The average Bonchev–Trinajstić information content (AvgIpc) is 3.05. The Morgan fingerprint density at radius 2 is 1.69 bits per heavy atom. The maximum atomic E-state index is 5.25. The molecule has 0 atom stereocenters. The number of hydrogen-bond acceptors (Lipinski definition) is 2. The van der Waals surface area contributed by atoms with Gasteiger partial charge in [0.15, 0.2) is 0 Å². The van der Waals surface area contributed by atoms with Gasteiger partial charge in [-0.05, 0) is 60.4 Å². The van der Waals surface area contributed by atoms with Crippen LogP contribution in [0, 0.1) is 0 Å². The minimum absolute atomic E-state index is 0.877. The van der Waals surface area contributed by atoms with Crippen LogP contribution < -0.4 is 4.74 Å². The largest absolute Gasteiger partial charge is 0.497 e. The van der Waals surface area contributed by atoms with E-state index in [4.69, 9.17) is 9.72 Å². The maximum absolute atomic E-state index is 5.25. The molecule has 0 unspecified atom stereocenters. The van der Waals surface area contributed by atoms with Crippen molar-refractivity contribution in [2.24, 2.45) is 0 Å². The molecule has 0 fully saturated rings. The number of hydrogen-bond donors (Lipinski definition) is 1. The fraction of sp³-hybridized carbons (Fsp3) is 0.261. The van der Waals surface area contributed by atoms with Crippen molar-refractivity contribution in [1.29, 1.82) is 0 Å². The summed E-state index contributed by atoms with van der Waals surface area (Å²) in [5, 5.41) is 2.41. The van der Waals surface area contributed by atoms with E-state index in [1.165, 1.54) is 46.9 Å². The number of unbranched alkanes of at least 4 members (excludes halogenated alkanes) is 2. The van der Waals surface area contributed by atoms with E-state index in [2.05, 4.69) is 54.4 Å². The Kier molecular flexibility index (Phi) is 4.61. The summed E-state index contributed by atoms with van der Waals surface area (Å²) in [7, 11) is 1.69. The summed E-state index contributed by atoms with van der Waals surface area (Å²) in [5.41, 5.74) is 5.68. The highest BCUT2D eigenvalue weighted by molar-refractivity contribution is 6.07. The van der Waals surface area contributed by atoms with Crippen molar-refractivity contribution in [1.82, 2.24) is 9.97 Å². The maximum Gasteiger partial charge on any atom is 0.138 e. The highest BCUT2D eigenvalue weighted by Crippen LogP contribution is 2.30. The average molecular weight is 344 g/mol. The number of nitrogens with zero attached hydrogens (tertiary/aromatic N) is 1. The third kappa shape index (κ3) is 3.17. The zero-order valence-electron chi connectivity index (χ0n) is 15.4. The Hall–Kier alpha value is -2.81. The normalized spacial score (nSPS) is 11.3. The molecule has 0 aliphatic carbocycles. The van der Waals surface area contributed by atoms with Gasteiger partial charge in [0.05, 0.1) is 7.11 Å². The predicted octanol–water partition coefficient (Wildman–Crippen LogP) is 6.12. The molecule has 3 nitrogen and oxygen atoms in total. The SMILES string of the molecule is CCCCCc1ccc2c(n1)[nH]c1ccc(-c3ccc(OC)cc3)cc12. The molecule has 3 heteroatoms. The molecule has 0 aliphatic heterocycles. The van der Waals surface area contributed by atoms with E-state index in [1.54, 1.807) is 7.11 Å². The zero-order valence-corrected chi connectivity index (χ0v) is 15.4. The quantitative estimate of drug-likeness (QED) is 0.428. The highest BCUT2D eigenvalue weighted by atomic mass is 16.5. The Morgan fingerprint density at radius 1 is 0.885 bits per heavy atom. The standard InChI is InChI=1S/C23H24N2O/c1-3-4-5-6-18-10-13-20-21-15-17(9-14-22(21)25-23(20)24-18)16-7-11-19(26-2)12-8-16/h7-15H,3-6H2,1-2H3,(H,24,25). The van der Waals surface area contributed by atoms with Crippen LogP contribution >= 0.6 is 0 Å². The predicted molar refractivity (Wildman–Crippen MR) is 109 cm³/mol. The van der Waals surface area contributed by atoms with Gasteiger partial charge in [0.25, 0.3) is 0 Å². The van der Waals surface area contributed by atoms with Gasteiger partial charge in [0, 0.05) is 22.0 Å². The fourth-order valence-electron chi connectivity index (χ4n) is 3.47. The molecule has 0 spiro atoms. The lowest BCUT2D eigenvalue weighted by molar-refractivity contribution is 0.415. The first-order valence-corrected chi connectivity index (χ1v) is 9.34. The van der Waals surface area contributed by atoms with Crippen LogP contribution in [-0.2, 0) is 6.42 Å². The molecule has 0 bridgehead atoms. The molecule has 0 aliphatic rings. The zero-order chi connectivity index (χ0) is 17.9. The summed E-state index contributed by atoms with van der Waals surface area (Å²) in [6.07, 6.45) is 4.76. The lowest BCUT2D eigenvalue weighted by Crippen LogP contribution is -1.90. The monoisotopic (exact) mass is 344 g/mol. The topological polar surface area (TPSA) is 37.9 Å². The smallest absolute Gasteiger partial charge is 0.138 e. The summed E-state index contributed by atoms with van der Waals surface area (Å²) in [5.74, 6) is 0.877. The number of aromatic nitrogens is 2. The van der Waals surface area contributed by atoms with E-state index in [1.807, 2.05) is 12.1 Å². The molecular formula is C23H24N2O. The molecule has 4 rings (SSSR count). The molecule has 26 heavy (non-hydrogen) atoms. The number of H-pyrrole nitrogens is 1. The van der Waals surface area contributed by atoms with E-state index in [0.29, 0.717) is 0 Å². The van der Waals surface area contributed by atoms with Crippen molar-refractivity contribution < 1.29 is 4.74 Å². The number of aryl methyl sites for hydroxylation is 1. The highest BCUT2D eigenvalue weighted by Gasteiger charge is 2.08. The lowest BCUT2D eigenvalue weighted by atomic mass is 10.0. The van der Waals surface area contributed by atoms with Crippen molar-refractivity contribution >= 4 is 21.9 Å². The van der Waals surface area contributed by atoms with Crippen LogP contribution in [0.25, 0.3) is 33.1 Å². The lowest BCUT2D eigenvalue weighted by Gasteiger charge is -2.04. The number of fused-ring (bicyclic) bond motifs is 3. The molecule has 0 saturated carbocycles. The molecule has 1 N–H and O–H groups in total.